The molecule has 0 bridgehead atoms. The van der Waals surface area contributed by atoms with Gasteiger partial charge in [0.2, 0.25) is 0 Å². The minimum Gasteiger partial charge on any atom is -0.507 e. The molecule has 194 valence electrons. The van der Waals surface area contributed by atoms with Crippen molar-refractivity contribution >= 4 is 0 Å². The van der Waals surface area contributed by atoms with Crippen LogP contribution in [0.3, 0.4) is 0 Å². The third-order valence-corrected chi connectivity index (χ3v) is 9.01. The monoisotopic (exact) mass is 487 g/mol. The fraction of sp³-hybridized carbons (Fsp3) is 0.485. The number of hydrogen-bond acceptors (Lipinski definition) is 3. The molecule has 0 saturated carbocycles. The molecular formula is C33H45NO2. The Hall–Kier alpha value is -2.81. The van der Waals surface area contributed by atoms with Gasteiger partial charge in [0.1, 0.15) is 11.5 Å². The summed E-state index contributed by atoms with van der Waals surface area (Å²) in [5, 5.41) is 23.0. The number of nitrogens with zero attached hydrogens (tertiary/aromatic N) is 1. The Kier molecular flexibility index (Phi) is 8.54. The van der Waals surface area contributed by atoms with E-state index in [0.29, 0.717) is 11.5 Å². The molecule has 0 spiro atoms. The quantitative estimate of drug-likeness (QED) is 0.299. The summed E-state index contributed by atoms with van der Waals surface area (Å²) in [6, 6.07) is 14.2. The zero-order chi connectivity index (χ0) is 26.7. The van der Waals surface area contributed by atoms with Crippen molar-refractivity contribution < 1.29 is 10.2 Å². The molecule has 0 unspecified atom stereocenters. The lowest BCUT2D eigenvalue weighted by Crippen LogP contribution is -2.24. The molecule has 0 aliphatic carbocycles. The number of aromatic hydroxyl groups is 2. The molecule has 0 radical (unpaired) electrons. The van der Waals surface area contributed by atoms with E-state index in [-0.39, 0.29) is 10.8 Å². The highest BCUT2D eigenvalue weighted by molar-refractivity contribution is 5.76. The minimum absolute atomic E-state index is 0.0596. The van der Waals surface area contributed by atoms with Crippen LogP contribution in [0, 0.1) is 13.8 Å². The summed E-state index contributed by atoms with van der Waals surface area (Å²) >= 11 is 0. The van der Waals surface area contributed by atoms with E-state index in [2.05, 4.69) is 67.5 Å². The van der Waals surface area contributed by atoms with Crippen LogP contribution in [0.2, 0.25) is 0 Å². The molecule has 3 rings (SSSR count). The highest BCUT2D eigenvalue weighted by Crippen LogP contribution is 2.46. The predicted octanol–water partition coefficient (Wildman–Crippen LogP) is 9.38. The molecule has 2 N–H and O–H groups in total. The number of phenols is 2. The van der Waals surface area contributed by atoms with Gasteiger partial charge in [-0.15, -0.1) is 0 Å². The van der Waals surface area contributed by atoms with Crippen molar-refractivity contribution in [2.45, 2.75) is 105 Å². The highest BCUT2D eigenvalue weighted by Gasteiger charge is 2.32. The van der Waals surface area contributed by atoms with Crippen LogP contribution in [0.1, 0.15) is 102 Å². The molecule has 0 aliphatic rings. The number of hydrogen-bond donors (Lipinski definition) is 2. The van der Waals surface area contributed by atoms with Crippen LogP contribution in [0.25, 0.3) is 22.5 Å². The number of benzene rings is 2. The van der Waals surface area contributed by atoms with Crippen LogP contribution < -0.4 is 0 Å². The molecular weight excluding hydrogens is 442 g/mol. The van der Waals surface area contributed by atoms with E-state index in [0.717, 1.165) is 83.3 Å². The second kappa shape index (κ2) is 11.1. The van der Waals surface area contributed by atoms with Gasteiger partial charge in [0.15, 0.2) is 0 Å². The SMILES string of the molecule is CCC(CC)(CC)c1cc(C)cc(-c2cccc(-c3cc(C)cc(C(CC)(CC)CC)c3O)n2)c1O. The smallest absolute Gasteiger partial charge is 0.128 e. The van der Waals surface area contributed by atoms with E-state index in [1.165, 1.54) is 0 Å². The molecule has 0 fully saturated rings. The van der Waals surface area contributed by atoms with Crippen LogP contribution in [-0.2, 0) is 10.8 Å². The summed E-state index contributed by atoms with van der Waals surface area (Å²) in [5.74, 6) is 0.652. The molecule has 1 heterocycles. The van der Waals surface area contributed by atoms with Crippen LogP contribution in [0.4, 0.5) is 0 Å². The van der Waals surface area contributed by atoms with Gasteiger partial charge in [-0.3, -0.25) is 0 Å². The van der Waals surface area contributed by atoms with Gasteiger partial charge >= 0.3 is 0 Å². The Morgan fingerprint density at radius 3 is 1.22 bits per heavy atom. The lowest BCUT2D eigenvalue weighted by atomic mass is 9.72. The van der Waals surface area contributed by atoms with Gasteiger partial charge in [-0.2, -0.15) is 0 Å². The summed E-state index contributed by atoms with van der Waals surface area (Å²) in [6.07, 6.45) is 5.82. The Balaban J connectivity index is 2.23. The van der Waals surface area contributed by atoms with E-state index in [1.807, 2.05) is 30.3 Å². The van der Waals surface area contributed by atoms with Gasteiger partial charge in [-0.25, -0.2) is 4.98 Å². The molecule has 1 aromatic heterocycles. The van der Waals surface area contributed by atoms with Crippen molar-refractivity contribution in [3.05, 3.63) is 64.7 Å². The van der Waals surface area contributed by atoms with Crippen molar-refractivity contribution in [3.8, 4) is 34.0 Å². The first-order chi connectivity index (χ1) is 17.1. The average molecular weight is 488 g/mol. The topological polar surface area (TPSA) is 53.4 Å². The second-order valence-electron chi connectivity index (χ2n) is 10.5. The zero-order valence-corrected chi connectivity index (χ0v) is 23.6. The number of phenolic OH excluding ortho intramolecular Hbond substituents is 2. The molecule has 2 aromatic carbocycles. The van der Waals surface area contributed by atoms with Gasteiger partial charge in [0.05, 0.1) is 11.4 Å². The normalized spacial score (nSPS) is 12.2. The number of aryl methyl sites for hydroxylation is 2. The second-order valence-corrected chi connectivity index (χ2v) is 10.5. The van der Waals surface area contributed by atoms with E-state index in [9.17, 15) is 10.2 Å². The van der Waals surface area contributed by atoms with Crippen LogP contribution in [0.5, 0.6) is 11.5 Å². The Morgan fingerprint density at radius 1 is 0.583 bits per heavy atom. The van der Waals surface area contributed by atoms with E-state index in [4.69, 9.17) is 4.98 Å². The maximum atomic E-state index is 11.5. The molecule has 0 amide bonds. The largest absolute Gasteiger partial charge is 0.507 e. The highest BCUT2D eigenvalue weighted by atomic mass is 16.3. The number of pyridine rings is 1. The maximum absolute atomic E-state index is 11.5. The van der Waals surface area contributed by atoms with Gasteiger partial charge < -0.3 is 10.2 Å². The fourth-order valence-electron chi connectivity index (χ4n) is 6.13. The lowest BCUT2D eigenvalue weighted by Gasteiger charge is -2.33. The van der Waals surface area contributed by atoms with Gasteiger partial charge in [0.25, 0.3) is 0 Å². The number of aromatic nitrogens is 1. The van der Waals surface area contributed by atoms with Crippen molar-refractivity contribution in [3.63, 3.8) is 0 Å². The Morgan fingerprint density at radius 2 is 0.917 bits per heavy atom. The van der Waals surface area contributed by atoms with Crippen LogP contribution in [-0.4, -0.2) is 15.2 Å². The van der Waals surface area contributed by atoms with E-state index < -0.39 is 0 Å². The zero-order valence-electron chi connectivity index (χ0n) is 23.6. The summed E-state index contributed by atoms with van der Waals surface area (Å²) in [4.78, 5) is 5.00. The third-order valence-electron chi connectivity index (χ3n) is 9.01. The molecule has 3 nitrogen and oxygen atoms in total. The first kappa shape index (κ1) is 27.8. The fourth-order valence-corrected chi connectivity index (χ4v) is 6.13. The van der Waals surface area contributed by atoms with Crippen molar-refractivity contribution in [2.75, 3.05) is 0 Å². The van der Waals surface area contributed by atoms with Crippen molar-refractivity contribution in [1.82, 2.24) is 4.98 Å². The summed E-state index contributed by atoms with van der Waals surface area (Å²) in [6.45, 7) is 17.4. The maximum Gasteiger partial charge on any atom is 0.128 e. The standard InChI is InChI=1S/C33H45NO2/c1-9-32(10-2,11-3)26-20-22(7)18-24(30(26)35)28-16-15-17-29(34-28)25-19-23(8)21-27(31(25)36)33(12-4,13-5)14-6/h15-21,35-36H,9-14H2,1-8H3. The van der Waals surface area contributed by atoms with Gasteiger partial charge in [-0.05, 0) is 98.6 Å². The first-order valence-corrected chi connectivity index (χ1v) is 13.8. The molecule has 0 saturated heterocycles. The minimum atomic E-state index is -0.0596. The van der Waals surface area contributed by atoms with Crippen molar-refractivity contribution in [1.29, 1.82) is 0 Å². The van der Waals surface area contributed by atoms with Gasteiger partial charge in [-0.1, -0.05) is 59.7 Å². The van der Waals surface area contributed by atoms with E-state index >= 15 is 0 Å². The lowest BCUT2D eigenvalue weighted by molar-refractivity contribution is 0.358. The average Bonchev–Trinajstić information content (AvgIpc) is 2.90. The molecule has 0 aliphatic heterocycles. The molecule has 3 heteroatoms. The number of rotatable bonds is 10. The summed E-state index contributed by atoms with van der Waals surface area (Å²) < 4.78 is 0. The molecule has 36 heavy (non-hydrogen) atoms. The van der Waals surface area contributed by atoms with Crippen LogP contribution in [0.15, 0.2) is 42.5 Å². The first-order valence-electron chi connectivity index (χ1n) is 13.8. The van der Waals surface area contributed by atoms with Crippen LogP contribution >= 0.6 is 0 Å². The Bertz CT molecular complexity index is 1100. The van der Waals surface area contributed by atoms with E-state index in [1.54, 1.807) is 0 Å². The van der Waals surface area contributed by atoms with Gasteiger partial charge in [0, 0.05) is 22.3 Å². The Labute approximate surface area is 218 Å². The summed E-state index contributed by atoms with van der Waals surface area (Å²) in [5.41, 5.74) is 7.09. The third kappa shape index (κ3) is 4.77. The summed E-state index contributed by atoms with van der Waals surface area (Å²) in [7, 11) is 0. The molecule has 0 atom stereocenters. The predicted molar refractivity (Wildman–Crippen MR) is 153 cm³/mol. The molecule has 3 aromatic rings. The van der Waals surface area contributed by atoms with Crippen molar-refractivity contribution in [2.24, 2.45) is 0 Å².